The van der Waals surface area contributed by atoms with Crippen molar-refractivity contribution >= 4 is 5.97 Å². The van der Waals surface area contributed by atoms with Gasteiger partial charge in [-0.25, -0.2) is 4.79 Å². The largest absolute Gasteiger partial charge is 0.573 e. The first-order valence-electron chi connectivity index (χ1n) is 11.4. The average molecular weight is 478 g/mol. The van der Waals surface area contributed by atoms with Gasteiger partial charge in [-0.05, 0) is 50.9 Å². The molecule has 1 heterocycles. The van der Waals surface area contributed by atoms with Crippen LogP contribution in [0.2, 0.25) is 0 Å². The molecule has 0 radical (unpaired) electrons. The molecule has 1 atom stereocenters. The zero-order chi connectivity index (χ0) is 24.7. The van der Waals surface area contributed by atoms with Gasteiger partial charge in [-0.2, -0.15) is 0 Å². The molecule has 5 nitrogen and oxygen atoms in total. The summed E-state index contributed by atoms with van der Waals surface area (Å²) in [4.78, 5) is 15.2. The van der Waals surface area contributed by atoms with E-state index in [0.29, 0.717) is 25.1 Å². The second-order valence-electron chi connectivity index (χ2n) is 8.19. The van der Waals surface area contributed by atoms with Gasteiger partial charge in [0.25, 0.3) is 0 Å². The molecule has 1 fully saturated rings. The number of esters is 1. The number of ether oxygens (including phenoxy) is 3. The molecule has 0 N–H and O–H groups in total. The lowest BCUT2D eigenvalue weighted by molar-refractivity contribution is -0.275. The van der Waals surface area contributed by atoms with Gasteiger partial charge in [0.05, 0.1) is 6.61 Å². The lowest BCUT2D eigenvalue weighted by Crippen LogP contribution is -2.26. The van der Waals surface area contributed by atoms with Crippen molar-refractivity contribution in [3.8, 4) is 17.2 Å². The number of rotatable bonds is 10. The van der Waals surface area contributed by atoms with Crippen molar-refractivity contribution in [2.75, 3.05) is 19.7 Å². The molecule has 34 heavy (non-hydrogen) atoms. The zero-order valence-corrected chi connectivity index (χ0v) is 19.5. The Kier molecular flexibility index (Phi) is 8.61. The van der Waals surface area contributed by atoms with Crippen LogP contribution in [-0.2, 0) is 0 Å². The van der Waals surface area contributed by atoms with Crippen LogP contribution in [0.1, 0.15) is 60.1 Å². The minimum atomic E-state index is -4.92. The number of halogens is 3. The summed E-state index contributed by atoms with van der Waals surface area (Å²) < 4.78 is 56.3. The van der Waals surface area contributed by atoms with Crippen molar-refractivity contribution in [1.29, 1.82) is 0 Å². The van der Waals surface area contributed by atoms with Crippen molar-refractivity contribution in [2.45, 2.75) is 51.9 Å². The molecule has 0 amide bonds. The summed E-state index contributed by atoms with van der Waals surface area (Å²) in [6.07, 6.45) is -0.127. The number of hydrogen-bond donors (Lipinski definition) is 0. The molecule has 2 aromatic rings. The molecule has 2 aromatic carbocycles. The summed E-state index contributed by atoms with van der Waals surface area (Å²) in [6.45, 7) is 8.77. The fourth-order valence-electron chi connectivity index (χ4n) is 4.20. The van der Waals surface area contributed by atoms with Gasteiger partial charge in [0.2, 0.25) is 0 Å². The highest BCUT2D eigenvalue weighted by atomic mass is 19.4. The van der Waals surface area contributed by atoms with E-state index in [0.717, 1.165) is 25.8 Å². The number of carbonyl (C=O) groups excluding carboxylic acids is 1. The Hall–Kier alpha value is -3.00. The summed E-state index contributed by atoms with van der Waals surface area (Å²) >= 11 is 0. The van der Waals surface area contributed by atoms with E-state index in [2.05, 4.69) is 11.3 Å². The summed E-state index contributed by atoms with van der Waals surface area (Å²) in [7, 11) is 0. The van der Waals surface area contributed by atoms with E-state index in [9.17, 15) is 18.0 Å². The van der Waals surface area contributed by atoms with Crippen molar-refractivity contribution in [3.63, 3.8) is 0 Å². The number of benzene rings is 2. The number of carbonyl (C=O) groups is 1. The third kappa shape index (κ3) is 6.32. The Bertz CT molecular complexity index is 992. The smallest absolute Gasteiger partial charge is 0.493 e. The number of alkyl halides is 3. The van der Waals surface area contributed by atoms with E-state index < -0.39 is 12.3 Å². The van der Waals surface area contributed by atoms with Crippen molar-refractivity contribution < 1.29 is 32.2 Å². The SMILES string of the molecule is C=CCN1CCCC1c1cc(OCCCC)c(C(=O)Oc2ccccc2)c(C)c1OC(F)(F)F. The van der Waals surface area contributed by atoms with Crippen LogP contribution in [-0.4, -0.2) is 36.9 Å². The van der Waals surface area contributed by atoms with E-state index >= 15 is 0 Å². The van der Waals surface area contributed by atoms with Gasteiger partial charge in [-0.3, -0.25) is 4.90 Å². The third-order valence-corrected chi connectivity index (χ3v) is 5.73. The van der Waals surface area contributed by atoms with Gasteiger partial charge in [-0.1, -0.05) is 37.6 Å². The fraction of sp³-hybridized carbons (Fsp3) is 0.423. The van der Waals surface area contributed by atoms with E-state index in [4.69, 9.17) is 9.47 Å². The predicted octanol–water partition coefficient (Wildman–Crippen LogP) is 6.61. The number of unbranched alkanes of at least 4 members (excludes halogenated alkanes) is 1. The maximum Gasteiger partial charge on any atom is 0.573 e. The molecule has 0 bridgehead atoms. The highest BCUT2D eigenvalue weighted by Gasteiger charge is 2.38. The fourth-order valence-corrected chi connectivity index (χ4v) is 4.20. The first-order valence-corrected chi connectivity index (χ1v) is 11.4. The summed E-state index contributed by atoms with van der Waals surface area (Å²) in [5.41, 5.74) is 0.306. The van der Waals surface area contributed by atoms with Crippen molar-refractivity contribution in [1.82, 2.24) is 4.90 Å². The number of para-hydroxylation sites is 1. The van der Waals surface area contributed by atoms with Crippen molar-refractivity contribution in [2.24, 2.45) is 0 Å². The van der Waals surface area contributed by atoms with E-state index in [1.807, 2.05) is 11.8 Å². The number of likely N-dealkylation sites (tertiary alicyclic amines) is 1. The Morgan fingerprint density at radius 1 is 1.26 bits per heavy atom. The van der Waals surface area contributed by atoms with Crippen LogP contribution in [0.3, 0.4) is 0 Å². The standard InChI is InChI=1S/C26H30F3NO4/c1-4-6-16-32-22-17-20(21-13-10-15-30(21)14-5-2)24(34-26(27,28)29)18(3)23(22)25(31)33-19-11-8-7-9-12-19/h5,7-9,11-12,17,21H,2,4,6,10,13-16H2,1,3H3. The molecule has 1 saturated heterocycles. The molecule has 0 saturated carbocycles. The van der Waals surface area contributed by atoms with Crippen molar-refractivity contribution in [3.05, 3.63) is 65.7 Å². The van der Waals surface area contributed by atoms with Crippen LogP contribution in [0.15, 0.2) is 49.1 Å². The third-order valence-electron chi connectivity index (χ3n) is 5.73. The highest BCUT2D eigenvalue weighted by molar-refractivity contribution is 5.96. The maximum atomic E-state index is 13.5. The highest BCUT2D eigenvalue weighted by Crippen LogP contribution is 2.45. The Balaban J connectivity index is 2.13. The molecule has 1 aliphatic heterocycles. The molecule has 1 aliphatic rings. The van der Waals surface area contributed by atoms with E-state index in [-0.39, 0.29) is 34.4 Å². The van der Waals surface area contributed by atoms with Gasteiger partial charge in [-0.15, -0.1) is 19.8 Å². The number of nitrogens with zero attached hydrogens (tertiary/aromatic N) is 1. The van der Waals surface area contributed by atoms with Gasteiger partial charge in [0.15, 0.2) is 0 Å². The van der Waals surface area contributed by atoms with E-state index in [1.54, 1.807) is 36.4 Å². The van der Waals surface area contributed by atoms with Gasteiger partial charge in [0.1, 0.15) is 22.8 Å². The Labute approximate surface area is 198 Å². The first-order chi connectivity index (χ1) is 16.2. The molecule has 0 aliphatic carbocycles. The molecule has 8 heteroatoms. The lowest BCUT2D eigenvalue weighted by atomic mass is 9.95. The minimum Gasteiger partial charge on any atom is -0.493 e. The van der Waals surface area contributed by atoms with Crippen LogP contribution in [0, 0.1) is 6.92 Å². The van der Waals surface area contributed by atoms with E-state index in [1.165, 1.54) is 13.0 Å². The van der Waals surface area contributed by atoms with Crippen LogP contribution >= 0.6 is 0 Å². The Morgan fingerprint density at radius 3 is 2.65 bits per heavy atom. The lowest BCUT2D eigenvalue weighted by Gasteiger charge is -2.28. The average Bonchev–Trinajstić information content (AvgIpc) is 3.24. The van der Waals surface area contributed by atoms with Gasteiger partial charge >= 0.3 is 12.3 Å². The molecule has 1 unspecified atom stereocenters. The zero-order valence-electron chi connectivity index (χ0n) is 19.5. The van der Waals surface area contributed by atoms with Gasteiger partial charge in [0, 0.05) is 23.7 Å². The predicted molar refractivity (Wildman–Crippen MR) is 123 cm³/mol. The molecule has 184 valence electrons. The summed E-state index contributed by atoms with van der Waals surface area (Å²) in [5.74, 6) is -0.706. The molecule has 3 rings (SSSR count). The topological polar surface area (TPSA) is 48.0 Å². The maximum absolute atomic E-state index is 13.5. The van der Waals surface area contributed by atoms with Crippen LogP contribution in [0.25, 0.3) is 0 Å². The first kappa shape index (κ1) is 25.6. The minimum absolute atomic E-state index is 0.0349. The second-order valence-corrected chi connectivity index (χ2v) is 8.19. The number of hydrogen-bond acceptors (Lipinski definition) is 5. The molecular formula is C26H30F3NO4. The normalized spacial score (nSPS) is 16.3. The van der Waals surface area contributed by atoms with Gasteiger partial charge < -0.3 is 14.2 Å². The molecule has 0 spiro atoms. The quantitative estimate of drug-likeness (QED) is 0.167. The summed E-state index contributed by atoms with van der Waals surface area (Å²) in [5, 5.41) is 0. The van der Waals surface area contributed by atoms with Crippen LogP contribution < -0.4 is 14.2 Å². The molecule has 0 aromatic heterocycles. The van der Waals surface area contributed by atoms with Crippen LogP contribution in [0.4, 0.5) is 13.2 Å². The Morgan fingerprint density at radius 2 is 2.00 bits per heavy atom. The molecular weight excluding hydrogens is 447 g/mol. The summed E-state index contributed by atoms with van der Waals surface area (Å²) in [6, 6.07) is 9.55. The van der Waals surface area contributed by atoms with Crippen LogP contribution in [0.5, 0.6) is 17.2 Å². The second kappa shape index (κ2) is 11.4. The monoisotopic (exact) mass is 477 g/mol.